The minimum Gasteiger partial charge on any atom is -0.326 e. The molecule has 0 aliphatic heterocycles. The fraction of sp³-hybridized carbons (Fsp3) is 0.375. The molecule has 0 spiro atoms. The van der Waals surface area contributed by atoms with Crippen LogP contribution in [0.25, 0.3) is 11.3 Å². The zero-order valence-corrected chi connectivity index (χ0v) is 11.6. The van der Waals surface area contributed by atoms with Crippen LogP contribution in [0.15, 0.2) is 36.5 Å². The minimum absolute atomic E-state index is 0.143. The molecule has 1 amide bonds. The number of H-pyrrole nitrogens is 1. The standard InChI is InChI=1S/C16H19N3O/c1-16(9-2-3-10-16)15(20)18-13-6-4-12(5-7-13)14-8-11-17-19-14/h4-8,11H,2-3,9-10H2,1H3,(H,17,19)(H,18,20). The Balaban J connectivity index is 1.71. The van der Waals surface area contributed by atoms with E-state index in [2.05, 4.69) is 22.4 Å². The molecule has 0 bridgehead atoms. The molecule has 0 atom stereocenters. The van der Waals surface area contributed by atoms with Crippen LogP contribution in [0.4, 0.5) is 5.69 Å². The van der Waals surface area contributed by atoms with Crippen molar-refractivity contribution in [3.05, 3.63) is 36.5 Å². The quantitative estimate of drug-likeness (QED) is 0.894. The second-order valence-electron chi connectivity index (χ2n) is 5.77. The van der Waals surface area contributed by atoms with E-state index in [-0.39, 0.29) is 11.3 Å². The van der Waals surface area contributed by atoms with Gasteiger partial charge in [-0.3, -0.25) is 9.89 Å². The number of nitrogens with zero attached hydrogens (tertiary/aromatic N) is 1. The topological polar surface area (TPSA) is 57.8 Å². The van der Waals surface area contributed by atoms with Crippen molar-refractivity contribution in [2.24, 2.45) is 5.41 Å². The van der Waals surface area contributed by atoms with Crippen molar-refractivity contribution in [3.63, 3.8) is 0 Å². The summed E-state index contributed by atoms with van der Waals surface area (Å²) in [5.74, 6) is 0.143. The molecule has 1 aromatic heterocycles. The molecule has 104 valence electrons. The molecule has 2 N–H and O–H groups in total. The van der Waals surface area contributed by atoms with E-state index in [0.717, 1.165) is 42.6 Å². The molecule has 1 saturated carbocycles. The van der Waals surface area contributed by atoms with Gasteiger partial charge in [0.1, 0.15) is 0 Å². The Hall–Kier alpha value is -2.10. The number of aromatic nitrogens is 2. The summed E-state index contributed by atoms with van der Waals surface area (Å²) in [5.41, 5.74) is 2.70. The lowest BCUT2D eigenvalue weighted by Crippen LogP contribution is -2.30. The second-order valence-corrected chi connectivity index (χ2v) is 5.77. The van der Waals surface area contributed by atoms with Gasteiger partial charge in [-0.2, -0.15) is 5.10 Å². The summed E-state index contributed by atoms with van der Waals surface area (Å²) >= 11 is 0. The summed E-state index contributed by atoms with van der Waals surface area (Å²) in [5, 5.41) is 9.90. The number of rotatable bonds is 3. The van der Waals surface area contributed by atoms with Gasteiger partial charge in [-0.15, -0.1) is 0 Å². The number of amides is 1. The van der Waals surface area contributed by atoms with Crippen LogP contribution in [-0.4, -0.2) is 16.1 Å². The zero-order valence-electron chi connectivity index (χ0n) is 11.6. The van der Waals surface area contributed by atoms with Crippen molar-refractivity contribution in [1.82, 2.24) is 10.2 Å². The summed E-state index contributed by atoms with van der Waals surface area (Å²) < 4.78 is 0. The van der Waals surface area contributed by atoms with Gasteiger partial charge in [0, 0.05) is 17.3 Å². The van der Waals surface area contributed by atoms with E-state index in [4.69, 9.17) is 0 Å². The van der Waals surface area contributed by atoms with E-state index in [1.54, 1.807) is 6.20 Å². The third-order valence-electron chi connectivity index (χ3n) is 4.21. The van der Waals surface area contributed by atoms with E-state index < -0.39 is 0 Å². The van der Waals surface area contributed by atoms with Crippen LogP contribution < -0.4 is 5.32 Å². The third kappa shape index (κ3) is 2.46. The van der Waals surface area contributed by atoms with Crippen LogP contribution in [0.5, 0.6) is 0 Å². The summed E-state index contributed by atoms with van der Waals surface area (Å²) in [7, 11) is 0. The lowest BCUT2D eigenvalue weighted by atomic mass is 9.88. The first-order valence-corrected chi connectivity index (χ1v) is 7.09. The average Bonchev–Trinajstić information content (AvgIpc) is 3.11. The molecule has 0 unspecified atom stereocenters. The first kappa shape index (κ1) is 12.9. The van der Waals surface area contributed by atoms with Gasteiger partial charge in [0.15, 0.2) is 0 Å². The number of carbonyl (C=O) groups is 1. The number of carbonyl (C=O) groups excluding carboxylic acids is 1. The molecule has 1 aromatic carbocycles. The number of hydrogen-bond acceptors (Lipinski definition) is 2. The molecular weight excluding hydrogens is 250 g/mol. The maximum atomic E-state index is 12.3. The van der Waals surface area contributed by atoms with Crippen molar-refractivity contribution in [2.45, 2.75) is 32.6 Å². The van der Waals surface area contributed by atoms with Gasteiger partial charge in [0.05, 0.1) is 5.69 Å². The predicted molar refractivity (Wildman–Crippen MR) is 79.2 cm³/mol. The summed E-state index contributed by atoms with van der Waals surface area (Å²) in [6, 6.07) is 9.77. The molecule has 0 saturated heterocycles. The molecule has 1 heterocycles. The van der Waals surface area contributed by atoms with E-state index in [1.807, 2.05) is 30.3 Å². The van der Waals surface area contributed by atoms with Gasteiger partial charge in [0.25, 0.3) is 0 Å². The second kappa shape index (κ2) is 5.12. The Morgan fingerprint density at radius 3 is 2.50 bits per heavy atom. The summed E-state index contributed by atoms with van der Waals surface area (Å²) in [6.07, 6.45) is 6.02. The predicted octanol–water partition coefficient (Wildman–Crippen LogP) is 3.60. The Bertz CT molecular complexity index is 581. The normalized spacial score (nSPS) is 17.1. The number of benzene rings is 1. The maximum absolute atomic E-state index is 12.3. The molecule has 1 fully saturated rings. The Labute approximate surface area is 118 Å². The smallest absolute Gasteiger partial charge is 0.230 e. The monoisotopic (exact) mass is 269 g/mol. The molecule has 4 heteroatoms. The highest BCUT2D eigenvalue weighted by molar-refractivity contribution is 5.95. The first-order valence-electron chi connectivity index (χ1n) is 7.09. The molecule has 20 heavy (non-hydrogen) atoms. The van der Waals surface area contributed by atoms with Gasteiger partial charge in [-0.05, 0) is 36.6 Å². The summed E-state index contributed by atoms with van der Waals surface area (Å²) in [4.78, 5) is 12.3. The van der Waals surface area contributed by atoms with Crippen LogP contribution in [-0.2, 0) is 4.79 Å². The van der Waals surface area contributed by atoms with Crippen LogP contribution in [0.1, 0.15) is 32.6 Å². The third-order valence-corrected chi connectivity index (χ3v) is 4.21. The molecule has 4 nitrogen and oxygen atoms in total. The SMILES string of the molecule is CC1(C(=O)Nc2ccc(-c3ccn[nH]3)cc2)CCCC1. The fourth-order valence-corrected chi connectivity index (χ4v) is 2.81. The van der Waals surface area contributed by atoms with Crippen molar-refractivity contribution < 1.29 is 4.79 Å². The van der Waals surface area contributed by atoms with Gasteiger partial charge in [-0.1, -0.05) is 31.9 Å². The Morgan fingerprint density at radius 2 is 1.90 bits per heavy atom. The van der Waals surface area contributed by atoms with Crippen LogP contribution in [0, 0.1) is 5.41 Å². The zero-order chi connectivity index (χ0) is 14.0. The van der Waals surface area contributed by atoms with Gasteiger partial charge in [-0.25, -0.2) is 0 Å². The number of nitrogens with one attached hydrogen (secondary N) is 2. The summed E-state index contributed by atoms with van der Waals surface area (Å²) in [6.45, 7) is 2.06. The van der Waals surface area contributed by atoms with Crippen LogP contribution in [0.2, 0.25) is 0 Å². The lowest BCUT2D eigenvalue weighted by Gasteiger charge is -2.22. The Morgan fingerprint density at radius 1 is 1.20 bits per heavy atom. The lowest BCUT2D eigenvalue weighted by molar-refractivity contribution is -0.124. The van der Waals surface area contributed by atoms with Crippen molar-refractivity contribution >= 4 is 11.6 Å². The first-order chi connectivity index (χ1) is 9.67. The van der Waals surface area contributed by atoms with Crippen LogP contribution >= 0.6 is 0 Å². The molecular formula is C16H19N3O. The molecule has 1 aliphatic rings. The molecule has 1 aliphatic carbocycles. The van der Waals surface area contributed by atoms with Gasteiger partial charge >= 0.3 is 0 Å². The number of aromatic amines is 1. The largest absolute Gasteiger partial charge is 0.326 e. The van der Waals surface area contributed by atoms with E-state index >= 15 is 0 Å². The highest BCUT2D eigenvalue weighted by Crippen LogP contribution is 2.38. The van der Waals surface area contributed by atoms with Gasteiger partial charge in [0.2, 0.25) is 5.91 Å². The molecule has 3 rings (SSSR count). The molecule has 2 aromatic rings. The highest BCUT2D eigenvalue weighted by atomic mass is 16.2. The van der Waals surface area contributed by atoms with Crippen molar-refractivity contribution in [2.75, 3.05) is 5.32 Å². The number of anilines is 1. The highest BCUT2D eigenvalue weighted by Gasteiger charge is 2.36. The maximum Gasteiger partial charge on any atom is 0.230 e. The number of hydrogen-bond donors (Lipinski definition) is 2. The fourth-order valence-electron chi connectivity index (χ4n) is 2.81. The van der Waals surface area contributed by atoms with E-state index in [1.165, 1.54) is 0 Å². The average molecular weight is 269 g/mol. The Kier molecular flexibility index (Phi) is 3.30. The van der Waals surface area contributed by atoms with Crippen molar-refractivity contribution in [3.8, 4) is 11.3 Å². The van der Waals surface area contributed by atoms with E-state index in [0.29, 0.717) is 0 Å². The van der Waals surface area contributed by atoms with Gasteiger partial charge < -0.3 is 5.32 Å². The van der Waals surface area contributed by atoms with E-state index in [9.17, 15) is 4.79 Å². The molecule has 0 radical (unpaired) electrons. The minimum atomic E-state index is -0.192. The van der Waals surface area contributed by atoms with Crippen molar-refractivity contribution in [1.29, 1.82) is 0 Å². The van der Waals surface area contributed by atoms with Crippen LogP contribution in [0.3, 0.4) is 0 Å².